The quantitative estimate of drug-likeness (QED) is 0.772. The fourth-order valence-corrected chi connectivity index (χ4v) is 2.42. The first-order valence-corrected chi connectivity index (χ1v) is 6.43. The van der Waals surface area contributed by atoms with Crippen LogP contribution in [0.5, 0.6) is 0 Å². The molecular weight excluding hydrogens is 208 g/mol. The minimum Gasteiger partial charge on any atom is -0.358 e. The van der Waals surface area contributed by atoms with Crippen molar-refractivity contribution in [2.75, 3.05) is 6.54 Å². The molecule has 1 aromatic heterocycles. The summed E-state index contributed by atoms with van der Waals surface area (Å²) >= 11 is 0. The lowest BCUT2D eigenvalue weighted by Gasteiger charge is -2.06. The third kappa shape index (κ3) is 2.22. The van der Waals surface area contributed by atoms with E-state index in [9.17, 15) is 0 Å². The second-order valence-corrected chi connectivity index (χ2v) is 4.85. The molecule has 0 radical (unpaired) electrons. The Balaban J connectivity index is 2.47. The summed E-state index contributed by atoms with van der Waals surface area (Å²) in [5.41, 5.74) is 6.71. The van der Waals surface area contributed by atoms with Crippen LogP contribution in [0.1, 0.15) is 35.7 Å². The van der Waals surface area contributed by atoms with Crippen molar-refractivity contribution in [3.63, 3.8) is 0 Å². The average molecular weight is 230 g/mol. The Morgan fingerprint density at radius 1 is 1.12 bits per heavy atom. The van der Waals surface area contributed by atoms with Crippen molar-refractivity contribution in [3.8, 4) is 0 Å². The summed E-state index contributed by atoms with van der Waals surface area (Å²) in [4.78, 5) is 3.52. The van der Waals surface area contributed by atoms with E-state index in [1.807, 2.05) is 0 Å². The molecule has 0 saturated heterocycles. The SMILES string of the molecule is CCCNCc1c(C)[nH]c2c(C)ccc(C)c12. The maximum atomic E-state index is 3.52. The minimum atomic E-state index is 0.962. The van der Waals surface area contributed by atoms with Crippen LogP contribution in [-0.2, 0) is 6.54 Å². The number of fused-ring (bicyclic) bond motifs is 1. The third-order valence-electron chi connectivity index (χ3n) is 3.42. The van der Waals surface area contributed by atoms with E-state index in [2.05, 4.69) is 50.1 Å². The van der Waals surface area contributed by atoms with Gasteiger partial charge in [-0.2, -0.15) is 0 Å². The van der Waals surface area contributed by atoms with E-state index in [0.29, 0.717) is 0 Å². The molecule has 92 valence electrons. The van der Waals surface area contributed by atoms with E-state index < -0.39 is 0 Å². The van der Waals surface area contributed by atoms with Gasteiger partial charge in [-0.05, 0) is 50.4 Å². The molecule has 1 heterocycles. The molecule has 0 unspecified atom stereocenters. The maximum Gasteiger partial charge on any atom is 0.0491 e. The van der Waals surface area contributed by atoms with Crippen LogP contribution >= 0.6 is 0 Å². The molecule has 2 aromatic rings. The van der Waals surface area contributed by atoms with Crippen LogP contribution in [0, 0.1) is 20.8 Å². The summed E-state index contributed by atoms with van der Waals surface area (Å²) in [7, 11) is 0. The lowest BCUT2D eigenvalue weighted by molar-refractivity contribution is 0.675. The topological polar surface area (TPSA) is 27.8 Å². The van der Waals surface area contributed by atoms with Gasteiger partial charge in [0, 0.05) is 23.1 Å². The second kappa shape index (κ2) is 4.92. The molecule has 0 bridgehead atoms. The first kappa shape index (κ1) is 12.2. The van der Waals surface area contributed by atoms with E-state index in [-0.39, 0.29) is 0 Å². The Kier molecular flexibility index (Phi) is 3.53. The summed E-state index contributed by atoms with van der Waals surface area (Å²) < 4.78 is 0. The highest BCUT2D eigenvalue weighted by Crippen LogP contribution is 2.27. The second-order valence-electron chi connectivity index (χ2n) is 4.85. The number of benzene rings is 1. The molecule has 0 aliphatic rings. The minimum absolute atomic E-state index is 0.962. The Morgan fingerprint density at radius 2 is 1.82 bits per heavy atom. The van der Waals surface area contributed by atoms with Crippen molar-refractivity contribution < 1.29 is 0 Å². The van der Waals surface area contributed by atoms with Gasteiger partial charge >= 0.3 is 0 Å². The van der Waals surface area contributed by atoms with Gasteiger partial charge in [-0.15, -0.1) is 0 Å². The van der Waals surface area contributed by atoms with E-state index >= 15 is 0 Å². The van der Waals surface area contributed by atoms with Crippen LogP contribution in [0.15, 0.2) is 12.1 Å². The number of hydrogen-bond donors (Lipinski definition) is 2. The predicted molar refractivity (Wildman–Crippen MR) is 74.5 cm³/mol. The van der Waals surface area contributed by atoms with Crippen molar-refractivity contribution in [2.45, 2.75) is 40.7 Å². The van der Waals surface area contributed by atoms with E-state index in [1.165, 1.54) is 39.7 Å². The largest absolute Gasteiger partial charge is 0.358 e. The fraction of sp³-hybridized carbons (Fsp3) is 0.467. The first-order chi connectivity index (χ1) is 8.15. The number of aromatic nitrogens is 1. The highest BCUT2D eigenvalue weighted by Gasteiger charge is 2.11. The molecule has 17 heavy (non-hydrogen) atoms. The average Bonchev–Trinajstić information content (AvgIpc) is 2.63. The highest BCUT2D eigenvalue weighted by atomic mass is 14.9. The maximum absolute atomic E-state index is 3.52. The van der Waals surface area contributed by atoms with Crippen LogP contribution in [0.3, 0.4) is 0 Å². The Hall–Kier alpha value is -1.28. The summed E-state index contributed by atoms with van der Waals surface area (Å²) in [6.45, 7) is 10.8. The third-order valence-corrected chi connectivity index (χ3v) is 3.42. The number of H-pyrrole nitrogens is 1. The van der Waals surface area contributed by atoms with Gasteiger partial charge in [-0.1, -0.05) is 19.1 Å². The number of aromatic amines is 1. The Bertz CT molecular complexity index is 523. The van der Waals surface area contributed by atoms with E-state index in [0.717, 1.165) is 13.1 Å². The van der Waals surface area contributed by atoms with Crippen molar-refractivity contribution >= 4 is 10.9 Å². The zero-order chi connectivity index (χ0) is 12.4. The van der Waals surface area contributed by atoms with Gasteiger partial charge in [0.25, 0.3) is 0 Å². The molecule has 0 aliphatic carbocycles. The monoisotopic (exact) mass is 230 g/mol. The van der Waals surface area contributed by atoms with Gasteiger partial charge in [-0.3, -0.25) is 0 Å². The number of hydrogen-bond acceptors (Lipinski definition) is 1. The molecule has 0 atom stereocenters. The van der Waals surface area contributed by atoms with Crippen LogP contribution in [0.4, 0.5) is 0 Å². The fourth-order valence-electron chi connectivity index (χ4n) is 2.42. The molecule has 2 N–H and O–H groups in total. The standard InChI is InChI=1S/C15H22N2/c1-5-8-16-9-13-12(4)17-15-11(3)7-6-10(2)14(13)15/h6-7,16-17H,5,8-9H2,1-4H3. The van der Waals surface area contributed by atoms with Crippen LogP contribution < -0.4 is 5.32 Å². The van der Waals surface area contributed by atoms with Crippen LogP contribution in [-0.4, -0.2) is 11.5 Å². The normalized spacial score (nSPS) is 11.3. The molecule has 0 aliphatic heterocycles. The zero-order valence-corrected chi connectivity index (χ0v) is 11.3. The number of nitrogens with one attached hydrogen (secondary N) is 2. The van der Waals surface area contributed by atoms with Crippen LogP contribution in [0.25, 0.3) is 10.9 Å². The Morgan fingerprint density at radius 3 is 2.53 bits per heavy atom. The molecule has 2 heteroatoms. The van der Waals surface area contributed by atoms with Gasteiger partial charge in [0.05, 0.1) is 0 Å². The summed E-state index contributed by atoms with van der Waals surface area (Å²) in [5.74, 6) is 0. The van der Waals surface area contributed by atoms with E-state index in [4.69, 9.17) is 0 Å². The molecule has 0 amide bonds. The van der Waals surface area contributed by atoms with Gasteiger partial charge in [0.2, 0.25) is 0 Å². The summed E-state index contributed by atoms with van der Waals surface area (Å²) in [6, 6.07) is 4.41. The first-order valence-electron chi connectivity index (χ1n) is 6.43. The summed E-state index contributed by atoms with van der Waals surface area (Å²) in [6.07, 6.45) is 1.18. The lowest BCUT2D eigenvalue weighted by atomic mass is 10.0. The number of aryl methyl sites for hydroxylation is 3. The van der Waals surface area contributed by atoms with Crippen molar-refractivity contribution in [2.24, 2.45) is 0 Å². The number of rotatable bonds is 4. The predicted octanol–water partition coefficient (Wildman–Crippen LogP) is 3.59. The molecule has 2 rings (SSSR count). The molecule has 0 spiro atoms. The van der Waals surface area contributed by atoms with Crippen molar-refractivity contribution in [3.05, 3.63) is 34.5 Å². The molecule has 0 saturated carbocycles. The van der Waals surface area contributed by atoms with Gasteiger partial charge in [0.15, 0.2) is 0 Å². The zero-order valence-electron chi connectivity index (χ0n) is 11.3. The molecule has 1 aromatic carbocycles. The molecular formula is C15H22N2. The van der Waals surface area contributed by atoms with Gasteiger partial charge in [-0.25, -0.2) is 0 Å². The Labute approximate surface area is 103 Å². The van der Waals surface area contributed by atoms with Crippen LogP contribution in [0.2, 0.25) is 0 Å². The highest BCUT2D eigenvalue weighted by molar-refractivity contribution is 5.90. The molecule has 0 fully saturated rings. The van der Waals surface area contributed by atoms with E-state index in [1.54, 1.807) is 0 Å². The van der Waals surface area contributed by atoms with Gasteiger partial charge < -0.3 is 10.3 Å². The van der Waals surface area contributed by atoms with Crippen molar-refractivity contribution in [1.29, 1.82) is 0 Å². The summed E-state index contributed by atoms with van der Waals surface area (Å²) in [5, 5.41) is 4.91. The van der Waals surface area contributed by atoms with Crippen molar-refractivity contribution in [1.82, 2.24) is 10.3 Å². The smallest absolute Gasteiger partial charge is 0.0491 e. The van der Waals surface area contributed by atoms with Gasteiger partial charge in [0.1, 0.15) is 0 Å². The lowest BCUT2D eigenvalue weighted by Crippen LogP contribution is -2.14. The molecule has 2 nitrogen and oxygen atoms in total.